The highest BCUT2D eigenvalue weighted by Crippen LogP contribution is 2.48. The normalized spacial score (nSPS) is 20.1. The zero-order chi connectivity index (χ0) is 15.0. The number of amides is 1. The van der Waals surface area contributed by atoms with Crippen molar-refractivity contribution in [3.05, 3.63) is 35.4 Å². The summed E-state index contributed by atoms with van der Waals surface area (Å²) in [5, 5.41) is 8.78. The van der Waals surface area contributed by atoms with Gasteiger partial charge in [0.15, 0.2) is 11.6 Å². The molecule has 1 heterocycles. The molecule has 1 fully saturated rings. The number of ether oxygens (including phenoxy) is 1. The quantitative estimate of drug-likeness (QED) is 0.901. The minimum absolute atomic E-state index is 0.107. The minimum Gasteiger partial charge on any atom is -0.466 e. The van der Waals surface area contributed by atoms with E-state index in [2.05, 4.69) is 20.5 Å². The Morgan fingerprint density at radius 3 is 2.90 bits per heavy atom. The number of hydrogen-bond acceptors (Lipinski definition) is 4. The van der Waals surface area contributed by atoms with Gasteiger partial charge in [0.1, 0.15) is 0 Å². The number of benzene rings is 1. The smallest absolute Gasteiger partial charge is 0.336 e. The molecule has 1 aliphatic carbocycles. The van der Waals surface area contributed by atoms with E-state index in [0.717, 1.165) is 12.1 Å². The Morgan fingerprint density at radius 1 is 1.43 bits per heavy atom. The molecule has 1 amide bonds. The molecule has 0 spiro atoms. The Kier molecular flexibility index (Phi) is 3.28. The summed E-state index contributed by atoms with van der Waals surface area (Å²) in [6.45, 7) is 0. The number of carbonyl (C=O) groups excluding carboxylic acids is 1. The second-order valence-corrected chi connectivity index (χ2v) is 4.78. The van der Waals surface area contributed by atoms with Gasteiger partial charge in [-0.2, -0.15) is 4.98 Å². The third-order valence-corrected chi connectivity index (χ3v) is 3.39. The number of aromatic amines is 1. The molecule has 2 aromatic rings. The first kappa shape index (κ1) is 13.5. The van der Waals surface area contributed by atoms with Crippen molar-refractivity contribution in [1.82, 2.24) is 15.2 Å². The zero-order valence-corrected chi connectivity index (χ0v) is 11.1. The van der Waals surface area contributed by atoms with Crippen molar-refractivity contribution >= 4 is 11.9 Å². The lowest BCUT2D eigenvalue weighted by molar-refractivity contribution is -0.117. The molecule has 110 valence electrons. The van der Waals surface area contributed by atoms with Crippen molar-refractivity contribution in [3.63, 3.8) is 0 Å². The largest absolute Gasteiger partial charge is 0.466 e. The maximum Gasteiger partial charge on any atom is 0.336 e. The van der Waals surface area contributed by atoms with Crippen LogP contribution in [0, 0.1) is 17.6 Å². The molecule has 6 nitrogen and oxygen atoms in total. The third-order valence-electron chi connectivity index (χ3n) is 3.39. The number of aromatic nitrogens is 3. The topological polar surface area (TPSA) is 79.9 Å². The van der Waals surface area contributed by atoms with Crippen LogP contribution >= 0.6 is 0 Å². The summed E-state index contributed by atoms with van der Waals surface area (Å²) in [5.74, 6) is -2.25. The first-order chi connectivity index (χ1) is 10.1. The highest BCUT2D eigenvalue weighted by Gasteiger charge is 2.44. The number of methoxy groups -OCH3 is 1. The molecule has 2 unspecified atom stereocenters. The van der Waals surface area contributed by atoms with Crippen LogP contribution in [0.4, 0.5) is 14.7 Å². The Bertz CT molecular complexity index is 689. The first-order valence-electron chi connectivity index (χ1n) is 6.30. The number of rotatable bonds is 4. The van der Waals surface area contributed by atoms with E-state index >= 15 is 0 Å². The Labute approximate surface area is 118 Å². The number of hydrogen-bond donors (Lipinski definition) is 2. The van der Waals surface area contributed by atoms with Crippen LogP contribution in [0.3, 0.4) is 0 Å². The molecule has 1 aromatic carbocycles. The molecular formula is C13H12F2N4O2. The zero-order valence-electron chi connectivity index (χ0n) is 11.1. The van der Waals surface area contributed by atoms with Gasteiger partial charge in [-0.25, -0.2) is 13.9 Å². The minimum atomic E-state index is -0.904. The van der Waals surface area contributed by atoms with Crippen molar-refractivity contribution < 1.29 is 18.3 Å². The van der Waals surface area contributed by atoms with Crippen molar-refractivity contribution in [2.24, 2.45) is 5.92 Å². The number of carbonyl (C=O) groups is 1. The Hall–Kier alpha value is -2.51. The van der Waals surface area contributed by atoms with Gasteiger partial charge < -0.3 is 4.74 Å². The van der Waals surface area contributed by atoms with Crippen molar-refractivity contribution in [2.75, 3.05) is 12.4 Å². The van der Waals surface area contributed by atoms with E-state index in [0.29, 0.717) is 12.0 Å². The summed E-state index contributed by atoms with van der Waals surface area (Å²) in [4.78, 5) is 15.9. The molecule has 0 aliphatic heterocycles. The van der Waals surface area contributed by atoms with Gasteiger partial charge in [-0.3, -0.25) is 10.1 Å². The Morgan fingerprint density at radius 2 is 2.24 bits per heavy atom. The summed E-state index contributed by atoms with van der Waals surface area (Å²) in [5.41, 5.74) is 0.615. The van der Waals surface area contributed by atoms with E-state index in [-0.39, 0.29) is 29.7 Å². The second kappa shape index (κ2) is 5.12. The molecule has 2 N–H and O–H groups in total. The van der Waals surface area contributed by atoms with Crippen molar-refractivity contribution in [3.8, 4) is 6.01 Å². The van der Waals surface area contributed by atoms with Crippen LogP contribution in [0.5, 0.6) is 6.01 Å². The van der Waals surface area contributed by atoms with Gasteiger partial charge in [0, 0.05) is 5.92 Å². The Balaban J connectivity index is 1.64. The standard InChI is InChI=1S/C13H12F2N4O2/c1-21-13-17-12(18-19-13)16-11(20)8-5-7(8)6-2-3-9(14)10(15)4-6/h2-4,7-8H,5H2,1H3,(H2,16,17,18,19,20). The van der Waals surface area contributed by atoms with Gasteiger partial charge in [0.2, 0.25) is 11.9 Å². The lowest BCUT2D eigenvalue weighted by Crippen LogP contribution is -2.15. The number of nitrogens with one attached hydrogen (secondary N) is 2. The molecule has 0 bridgehead atoms. The van der Waals surface area contributed by atoms with Crippen LogP contribution in [0.25, 0.3) is 0 Å². The van der Waals surface area contributed by atoms with Gasteiger partial charge in [-0.05, 0) is 30.0 Å². The molecule has 21 heavy (non-hydrogen) atoms. The van der Waals surface area contributed by atoms with Gasteiger partial charge in [0.25, 0.3) is 0 Å². The molecule has 2 atom stereocenters. The van der Waals surface area contributed by atoms with Gasteiger partial charge in [-0.15, -0.1) is 5.10 Å². The van der Waals surface area contributed by atoms with Crippen LogP contribution in [-0.2, 0) is 4.79 Å². The summed E-state index contributed by atoms with van der Waals surface area (Å²) < 4.78 is 30.8. The summed E-state index contributed by atoms with van der Waals surface area (Å²) in [6.07, 6.45) is 0.585. The van der Waals surface area contributed by atoms with E-state index in [4.69, 9.17) is 4.74 Å². The van der Waals surface area contributed by atoms with Crippen LogP contribution in [0.1, 0.15) is 17.9 Å². The van der Waals surface area contributed by atoms with Crippen LogP contribution < -0.4 is 10.1 Å². The summed E-state index contributed by atoms with van der Waals surface area (Å²) >= 11 is 0. The van der Waals surface area contributed by atoms with E-state index in [1.54, 1.807) is 0 Å². The maximum absolute atomic E-state index is 13.2. The SMILES string of the molecule is COc1n[nH]c(NC(=O)C2CC2c2ccc(F)c(F)c2)n1. The van der Waals surface area contributed by atoms with E-state index < -0.39 is 11.6 Å². The molecule has 0 radical (unpaired) electrons. The molecule has 1 saturated carbocycles. The van der Waals surface area contributed by atoms with E-state index in [9.17, 15) is 13.6 Å². The highest BCUT2D eigenvalue weighted by atomic mass is 19.2. The van der Waals surface area contributed by atoms with E-state index in [1.165, 1.54) is 13.2 Å². The van der Waals surface area contributed by atoms with Gasteiger partial charge in [-0.1, -0.05) is 6.07 Å². The number of H-pyrrole nitrogens is 1. The number of nitrogens with zero attached hydrogens (tertiary/aromatic N) is 2. The molecule has 1 aliphatic rings. The molecule has 0 saturated heterocycles. The van der Waals surface area contributed by atoms with Crippen LogP contribution in [0.15, 0.2) is 18.2 Å². The van der Waals surface area contributed by atoms with Crippen LogP contribution in [0.2, 0.25) is 0 Å². The summed E-state index contributed by atoms with van der Waals surface area (Å²) in [6, 6.07) is 3.82. The maximum atomic E-state index is 13.2. The van der Waals surface area contributed by atoms with Gasteiger partial charge in [0.05, 0.1) is 7.11 Å². The summed E-state index contributed by atoms with van der Waals surface area (Å²) in [7, 11) is 1.41. The fourth-order valence-electron chi connectivity index (χ4n) is 2.20. The molecule has 8 heteroatoms. The highest BCUT2D eigenvalue weighted by molar-refractivity contribution is 5.93. The van der Waals surface area contributed by atoms with E-state index in [1.807, 2.05) is 0 Å². The number of halogens is 2. The lowest BCUT2D eigenvalue weighted by Gasteiger charge is -2.02. The van der Waals surface area contributed by atoms with Gasteiger partial charge >= 0.3 is 6.01 Å². The molecule has 1 aromatic heterocycles. The monoisotopic (exact) mass is 294 g/mol. The second-order valence-electron chi connectivity index (χ2n) is 4.78. The van der Waals surface area contributed by atoms with Crippen LogP contribution in [-0.4, -0.2) is 28.2 Å². The molecule has 3 rings (SSSR count). The number of anilines is 1. The fraction of sp³-hybridized carbons (Fsp3) is 0.308. The first-order valence-corrected chi connectivity index (χ1v) is 6.30. The average molecular weight is 294 g/mol. The lowest BCUT2D eigenvalue weighted by atomic mass is 10.1. The third kappa shape index (κ3) is 2.69. The van der Waals surface area contributed by atoms with Crippen molar-refractivity contribution in [1.29, 1.82) is 0 Å². The molecular weight excluding hydrogens is 282 g/mol. The average Bonchev–Trinajstić information content (AvgIpc) is 3.15. The fourth-order valence-corrected chi connectivity index (χ4v) is 2.20. The predicted octanol–water partition coefficient (Wildman–Crippen LogP) is 1.83. The van der Waals surface area contributed by atoms with Crippen molar-refractivity contribution in [2.45, 2.75) is 12.3 Å². The predicted molar refractivity (Wildman–Crippen MR) is 68.8 cm³/mol.